The van der Waals surface area contributed by atoms with Crippen LogP contribution < -0.4 is 0 Å². The van der Waals surface area contributed by atoms with Crippen LogP contribution >= 0.6 is 0 Å². The van der Waals surface area contributed by atoms with Gasteiger partial charge in [0.1, 0.15) is 5.78 Å². The van der Waals surface area contributed by atoms with E-state index in [1.807, 2.05) is 0 Å². The number of hydrogen-bond donors (Lipinski definition) is 0. The van der Waals surface area contributed by atoms with Gasteiger partial charge in [0.2, 0.25) is 0 Å². The summed E-state index contributed by atoms with van der Waals surface area (Å²) in [6, 6.07) is 8.43. The number of piperidine rings is 1. The van der Waals surface area contributed by atoms with Crippen LogP contribution in [-0.2, 0) is 16.6 Å². The SMILES string of the molecule is C[C](C)CN1CCC2(CC1)C(=O)Cc1ccccc12. The van der Waals surface area contributed by atoms with E-state index in [0.717, 1.165) is 32.5 Å². The molecule has 1 saturated heterocycles. The van der Waals surface area contributed by atoms with Crippen molar-refractivity contribution >= 4 is 5.78 Å². The standard InChI is InChI=1S/C17H22NO/c1-13(2)12-18-9-7-17(8-10-18)15-6-4-3-5-14(15)11-16(17)19/h3-6H,7-12H2,1-2H3. The maximum atomic E-state index is 12.5. The number of Topliss-reactive ketones (excluding diaryl/α,β-unsaturated/α-hetero) is 1. The molecule has 1 aromatic carbocycles. The van der Waals surface area contributed by atoms with E-state index < -0.39 is 0 Å². The number of hydrogen-bond acceptors (Lipinski definition) is 2. The smallest absolute Gasteiger partial charge is 0.147 e. The summed E-state index contributed by atoms with van der Waals surface area (Å²) in [5, 5.41) is 0. The van der Waals surface area contributed by atoms with Gasteiger partial charge < -0.3 is 4.90 Å². The van der Waals surface area contributed by atoms with Gasteiger partial charge in [-0.25, -0.2) is 0 Å². The Kier molecular flexibility index (Phi) is 3.22. The lowest BCUT2D eigenvalue weighted by Gasteiger charge is -2.39. The molecule has 1 spiro atoms. The summed E-state index contributed by atoms with van der Waals surface area (Å²) in [5.41, 5.74) is 2.42. The average molecular weight is 256 g/mol. The highest BCUT2D eigenvalue weighted by Gasteiger charge is 2.47. The third-order valence-corrected chi connectivity index (χ3v) is 4.67. The lowest BCUT2D eigenvalue weighted by atomic mass is 9.73. The molecule has 1 heterocycles. The lowest BCUT2D eigenvalue weighted by molar-refractivity contribution is -0.124. The summed E-state index contributed by atoms with van der Waals surface area (Å²) in [4.78, 5) is 15.0. The van der Waals surface area contributed by atoms with Crippen LogP contribution in [-0.4, -0.2) is 30.3 Å². The van der Waals surface area contributed by atoms with Crippen LogP contribution in [0, 0.1) is 5.92 Å². The molecule has 3 rings (SSSR count). The van der Waals surface area contributed by atoms with Crippen LogP contribution in [0.25, 0.3) is 0 Å². The predicted octanol–water partition coefficient (Wildman–Crippen LogP) is 2.76. The minimum absolute atomic E-state index is 0.158. The summed E-state index contributed by atoms with van der Waals surface area (Å²) in [5.74, 6) is 1.90. The minimum atomic E-state index is -0.158. The third-order valence-electron chi connectivity index (χ3n) is 4.67. The Bertz CT molecular complexity index is 484. The zero-order chi connectivity index (χ0) is 13.5. The summed E-state index contributed by atoms with van der Waals surface area (Å²) in [6.45, 7) is 7.53. The number of fused-ring (bicyclic) bond motifs is 2. The van der Waals surface area contributed by atoms with Crippen molar-refractivity contribution in [2.24, 2.45) is 0 Å². The Morgan fingerprint density at radius 2 is 1.89 bits per heavy atom. The zero-order valence-corrected chi connectivity index (χ0v) is 11.9. The number of carbonyl (C=O) groups excluding carboxylic acids is 1. The Morgan fingerprint density at radius 1 is 1.21 bits per heavy atom. The van der Waals surface area contributed by atoms with Crippen LogP contribution in [0.1, 0.15) is 37.8 Å². The molecule has 0 unspecified atom stereocenters. The van der Waals surface area contributed by atoms with E-state index in [4.69, 9.17) is 0 Å². The number of carbonyl (C=O) groups is 1. The van der Waals surface area contributed by atoms with Crippen LogP contribution in [0.5, 0.6) is 0 Å². The topological polar surface area (TPSA) is 20.3 Å². The van der Waals surface area contributed by atoms with Crippen LogP contribution in [0.15, 0.2) is 24.3 Å². The van der Waals surface area contributed by atoms with Crippen molar-refractivity contribution in [2.75, 3.05) is 19.6 Å². The number of ketones is 1. The van der Waals surface area contributed by atoms with Gasteiger partial charge in [-0.15, -0.1) is 0 Å². The number of rotatable bonds is 2. The molecule has 2 aliphatic rings. The van der Waals surface area contributed by atoms with Crippen molar-refractivity contribution in [1.82, 2.24) is 4.90 Å². The van der Waals surface area contributed by atoms with Gasteiger partial charge in [-0.1, -0.05) is 38.1 Å². The fraction of sp³-hybridized carbons (Fsp3) is 0.529. The second kappa shape index (κ2) is 4.75. The van der Waals surface area contributed by atoms with Gasteiger partial charge in [0.15, 0.2) is 0 Å². The number of likely N-dealkylation sites (tertiary alicyclic amines) is 1. The maximum absolute atomic E-state index is 12.5. The molecular weight excluding hydrogens is 234 g/mol. The second-order valence-electron chi connectivity index (χ2n) is 6.32. The molecule has 0 saturated carbocycles. The van der Waals surface area contributed by atoms with E-state index in [1.54, 1.807) is 0 Å². The highest BCUT2D eigenvalue weighted by atomic mass is 16.1. The Hall–Kier alpha value is -1.15. The second-order valence-corrected chi connectivity index (χ2v) is 6.32. The molecule has 1 fully saturated rings. The first kappa shape index (κ1) is 12.9. The first-order valence-electron chi connectivity index (χ1n) is 7.25. The highest BCUT2D eigenvalue weighted by Crippen LogP contribution is 2.43. The summed E-state index contributed by atoms with van der Waals surface area (Å²) >= 11 is 0. The fourth-order valence-corrected chi connectivity index (χ4v) is 3.72. The Balaban J connectivity index is 1.81. The summed E-state index contributed by atoms with van der Waals surface area (Å²) < 4.78 is 0. The molecule has 2 heteroatoms. The molecule has 2 nitrogen and oxygen atoms in total. The maximum Gasteiger partial charge on any atom is 0.147 e. The van der Waals surface area contributed by atoms with Crippen molar-refractivity contribution in [3.63, 3.8) is 0 Å². The molecule has 0 amide bonds. The normalized spacial score (nSPS) is 22.2. The van der Waals surface area contributed by atoms with Gasteiger partial charge in [0.05, 0.1) is 5.41 Å². The van der Waals surface area contributed by atoms with Crippen molar-refractivity contribution < 1.29 is 4.79 Å². The minimum Gasteiger partial charge on any atom is -0.303 e. The molecule has 1 aromatic rings. The molecule has 0 aromatic heterocycles. The van der Waals surface area contributed by atoms with E-state index >= 15 is 0 Å². The van der Waals surface area contributed by atoms with Crippen LogP contribution in [0.3, 0.4) is 0 Å². The van der Waals surface area contributed by atoms with Gasteiger partial charge in [-0.2, -0.15) is 0 Å². The van der Waals surface area contributed by atoms with E-state index in [1.165, 1.54) is 17.0 Å². The van der Waals surface area contributed by atoms with E-state index in [2.05, 4.69) is 43.0 Å². The molecular formula is C17H22NO. The van der Waals surface area contributed by atoms with Crippen LogP contribution in [0.2, 0.25) is 0 Å². The van der Waals surface area contributed by atoms with E-state index in [9.17, 15) is 4.79 Å². The highest BCUT2D eigenvalue weighted by molar-refractivity contribution is 5.96. The van der Waals surface area contributed by atoms with Gasteiger partial charge in [-0.3, -0.25) is 4.79 Å². The zero-order valence-electron chi connectivity index (χ0n) is 11.9. The molecule has 0 N–H and O–H groups in total. The number of benzene rings is 1. The predicted molar refractivity (Wildman–Crippen MR) is 77.1 cm³/mol. The summed E-state index contributed by atoms with van der Waals surface area (Å²) in [7, 11) is 0. The van der Waals surface area contributed by atoms with Gasteiger partial charge in [-0.05, 0) is 43.0 Å². The molecule has 101 valence electrons. The average Bonchev–Trinajstić information content (AvgIpc) is 2.65. The van der Waals surface area contributed by atoms with Crippen LogP contribution in [0.4, 0.5) is 0 Å². The van der Waals surface area contributed by atoms with Crippen molar-refractivity contribution in [2.45, 2.75) is 38.5 Å². The monoisotopic (exact) mass is 256 g/mol. The molecule has 1 aliphatic heterocycles. The summed E-state index contributed by atoms with van der Waals surface area (Å²) in [6.07, 6.45) is 2.64. The fourth-order valence-electron chi connectivity index (χ4n) is 3.72. The van der Waals surface area contributed by atoms with Crippen molar-refractivity contribution in [1.29, 1.82) is 0 Å². The first-order valence-corrected chi connectivity index (χ1v) is 7.25. The Morgan fingerprint density at radius 3 is 2.58 bits per heavy atom. The molecule has 0 bridgehead atoms. The number of nitrogens with zero attached hydrogens (tertiary/aromatic N) is 1. The van der Waals surface area contributed by atoms with Gasteiger partial charge in [0.25, 0.3) is 0 Å². The van der Waals surface area contributed by atoms with Gasteiger partial charge >= 0.3 is 0 Å². The van der Waals surface area contributed by atoms with E-state index in [0.29, 0.717) is 12.2 Å². The third kappa shape index (κ3) is 2.12. The molecule has 0 atom stereocenters. The molecule has 1 radical (unpaired) electrons. The largest absolute Gasteiger partial charge is 0.303 e. The quantitative estimate of drug-likeness (QED) is 0.811. The van der Waals surface area contributed by atoms with Crippen molar-refractivity contribution in [3.8, 4) is 0 Å². The van der Waals surface area contributed by atoms with Crippen molar-refractivity contribution in [3.05, 3.63) is 41.3 Å². The first-order chi connectivity index (χ1) is 9.12. The molecule has 19 heavy (non-hydrogen) atoms. The lowest BCUT2D eigenvalue weighted by Crippen LogP contribution is -2.46. The molecule has 1 aliphatic carbocycles. The van der Waals surface area contributed by atoms with E-state index in [-0.39, 0.29) is 5.41 Å². The van der Waals surface area contributed by atoms with Gasteiger partial charge in [0, 0.05) is 13.0 Å². The Labute approximate surface area is 115 Å².